The third kappa shape index (κ3) is 6.34. The second-order valence-electron chi connectivity index (χ2n) is 6.28. The van der Waals surface area contributed by atoms with Gasteiger partial charge in [0.25, 0.3) is 0 Å². The van der Waals surface area contributed by atoms with Crippen molar-refractivity contribution in [3.05, 3.63) is 47.5 Å². The quantitative estimate of drug-likeness (QED) is 0.719. The normalized spacial score (nSPS) is 15.4. The Balaban J connectivity index is 1.83. The molecule has 5 nitrogen and oxygen atoms in total. The van der Waals surface area contributed by atoms with E-state index < -0.39 is 0 Å². The molecule has 25 heavy (non-hydrogen) atoms. The predicted molar refractivity (Wildman–Crippen MR) is 102 cm³/mol. The average Bonchev–Trinajstić information content (AvgIpc) is 2.64. The molecule has 0 bridgehead atoms. The fourth-order valence-corrected chi connectivity index (χ4v) is 3.33. The van der Waals surface area contributed by atoms with Gasteiger partial charge in [0.05, 0.1) is 0 Å². The highest BCUT2D eigenvalue weighted by Crippen LogP contribution is 2.18. The number of nitrogens with zero attached hydrogens (tertiary/aromatic N) is 2. The fraction of sp³-hybridized carbons (Fsp3) is 0.526. The van der Waals surface area contributed by atoms with Crippen LogP contribution >= 0.6 is 11.6 Å². The van der Waals surface area contributed by atoms with Crippen molar-refractivity contribution in [2.24, 2.45) is 5.73 Å². The number of carbonyl (C=O) groups is 1. The van der Waals surface area contributed by atoms with Gasteiger partial charge >= 0.3 is 6.09 Å². The molecule has 0 atom stereocenters. The molecule has 1 saturated heterocycles. The summed E-state index contributed by atoms with van der Waals surface area (Å²) in [6.45, 7) is 7.75. The van der Waals surface area contributed by atoms with E-state index in [1.807, 2.05) is 12.1 Å². The largest absolute Gasteiger partial charge is 0.445 e. The zero-order chi connectivity index (χ0) is 18.1. The van der Waals surface area contributed by atoms with Gasteiger partial charge in [0, 0.05) is 43.8 Å². The zero-order valence-corrected chi connectivity index (χ0v) is 15.5. The van der Waals surface area contributed by atoms with E-state index in [2.05, 4.69) is 23.6 Å². The lowest BCUT2D eigenvalue weighted by atomic mass is 10.0. The lowest BCUT2D eigenvalue weighted by molar-refractivity contribution is 0.0788. The number of amides is 1. The Morgan fingerprint density at radius 1 is 1.32 bits per heavy atom. The molecular weight excluding hydrogens is 338 g/mol. The SMILES string of the molecule is C=CCOC(=O)N1CCC(N(CCN)CCc2ccc(Cl)cc2)CC1. The molecule has 6 heteroatoms. The molecule has 2 rings (SSSR count). The van der Waals surface area contributed by atoms with Crippen molar-refractivity contribution in [2.75, 3.05) is 39.3 Å². The van der Waals surface area contributed by atoms with Crippen LogP contribution in [0.25, 0.3) is 0 Å². The zero-order valence-electron chi connectivity index (χ0n) is 14.7. The Bertz CT molecular complexity index is 542. The minimum Gasteiger partial charge on any atom is -0.445 e. The first kappa shape index (κ1) is 19.8. The smallest absolute Gasteiger partial charge is 0.410 e. The standard InChI is InChI=1S/C19H28ClN3O2/c1-2-15-25-19(24)23-12-8-18(9-13-23)22(14-10-21)11-7-16-3-5-17(20)6-4-16/h2-6,18H,1,7-15,21H2. The summed E-state index contributed by atoms with van der Waals surface area (Å²) in [4.78, 5) is 16.1. The van der Waals surface area contributed by atoms with E-state index in [-0.39, 0.29) is 12.7 Å². The number of benzene rings is 1. The summed E-state index contributed by atoms with van der Waals surface area (Å²) < 4.78 is 5.11. The van der Waals surface area contributed by atoms with Crippen LogP contribution in [-0.4, -0.2) is 61.3 Å². The molecule has 1 aromatic rings. The Labute approximate surface area is 155 Å². The number of hydrogen-bond donors (Lipinski definition) is 1. The van der Waals surface area contributed by atoms with Gasteiger partial charge in [0.1, 0.15) is 6.61 Å². The number of rotatable bonds is 8. The van der Waals surface area contributed by atoms with Crippen LogP contribution < -0.4 is 5.73 Å². The number of piperidine rings is 1. The lowest BCUT2D eigenvalue weighted by Crippen LogP contribution is -2.48. The summed E-state index contributed by atoms with van der Waals surface area (Å²) in [7, 11) is 0. The fourth-order valence-electron chi connectivity index (χ4n) is 3.20. The molecule has 0 spiro atoms. The predicted octanol–water partition coefficient (Wildman–Crippen LogP) is 2.93. The van der Waals surface area contributed by atoms with Crippen molar-refractivity contribution < 1.29 is 9.53 Å². The van der Waals surface area contributed by atoms with Crippen LogP contribution in [0.5, 0.6) is 0 Å². The number of ether oxygens (including phenoxy) is 1. The van der Waals surface area contributed by atoms with E-state index in [4.69, 9.17) is 22.1 Å². The van der Waals surface area contributed by atoms with Crippen LogP contribution in [0, 0.1) is 0 Å². The lowest BCUT2D eigenvalue weighted by Gasteiger charge is -2.38. The Hall–Kier alpha value is -1.56. The first-order valence-corrected chi connectivity index (χ1v) is 9.23. The molecule has 1 heterocycles. The Morgan fingerprint density at radius 2 is 2.00 bits per heavy atom. The van der Waals surface area contributed by atoms with Crippen molar-refractivity contribution in [1.29, 1.82) is 0 Å². The summed E-state index contributed by atoms with van der Waals surface area (Å²) in [6, 6.07) is 8.46. The molecule has 138 valence electrons. The van der Waals surface area contributed by atoms with Crippen LogP contribution in [-0.2, 0) is 11.2 Å². The molecule has 1 aliphatic rings. The van der Waals surface area contributed by atoms with Gasteiger partial charge in [-0.25, -0.2) is 4.79 Å². The van der Waals surface area contributed by atoms with Crippen molar-refractivity contribution in [3.63, 3.8) is 0 Å². The minimum absolute atomic E-state index is 0.245. The number of likely N-dealkylation sites (tertiary alicyclic amines) is 1. The second kappa shape index (κ2) is 10.4. The third-order valence-corrected chi connectivity index (χ3v) is 4.83. The molecule has 0 saturated carbocycles. The highest BCUT2D eigenvalue weighted by atomic mass is 35.5. The summed E-state index contributed by atoms with van der Waals surface area (Å²) in [5.74, 6) is 0. The number of halogens is 1. The van der Waals surface area contributed by atoms with Gasteiger partial charge < -0.3 is 15.4 Å². The van der Waals surface area contributed by atoms with Gasteiger partial charge in [-0.2, -0.15) is 0 Å². The third-order valence-electron chi connectivity index (χ3n) is 4.58. The second-order valence-corrected chi connectivity index (χ2v) is 6.72. The molecule has 2 N–H and O–H groups in total. The van der Waals surface area contributed by atoms with Crippen LogP contribution in [0.2, 0.25) is 5.02 Å². The highest BCUT2D eigenvalue weighted by Gasteiger charge is 2.27. The van der Waals surface area contributed by atoms with Crippen LogP contribution in [0.4, 0.5) is 4.79 Å². The summed E-state index contributed by atoms with van der Waals surface area (Å²) in [5, 5.41) is 0.762. The summed E-state index contributed by atoms with van der Waals surface area (Å²) in [5.41, 5.74) is 7.08. The van der Waals surface area contributed by atoms with E-state index >= 15 is 0 Å². The van der Waals surface area contributed by atoms with Gasteiger partial charge in [-0.1, -0.05) is 36.4 Å². The Kier molecular flexibility index (Phi) is 8.25. The molecule has 0 radical (unpaired) electrons. The molecule has 0 aromatic heterocycles. The van der Waals surface area contributed by atoms with Gasteiger partial charge in [-0.05, 0) is 37.0 Å². The van der Waals surface area contributed by atoms with E-state index in [1.54, 1.807) is 11.0 Å². The van der Waals surface area contributed by atoms with E-state index in [0.29, 0.717) is 12.6 Å². The molecule has 1 aliphatic heterocycles. The molecule has 1 fully saturated rings. The maximum absolute atomic E-state index is 11.9. The van der Waals surface area contributed by atoms with Crippen LogP contribution in [0.1, 0.15) is 18.4 Å². The first-order chi connectivity index (χ1) is 12.1. The van der Waals surface area contributed by atoms with Crippen LogP contribution in [0.3, 0.4) is 0 Å². The Morgan fingerprint density at radius 3 is 2.60 bits per heavy atom. The van der Waals surface area contributed by atoms with Crippen molar-refractivity contribution in [1.82, 2.24) is 9.80 Å². The maximum atomic E-state index is 11.9. The molecule has 0 aliphatic carbocycles. The number of carbonyl (C=O) groups excluding carboxylic acids is 1. The van der Waals surface area contributed by atoms with Gasteiger partial charge in [0.2, 0.25) is 0 Å². The molecule has 1 aromatic carbocycles. The topological polar surface area (TPSA) is 58.8 Å². The van der Waals surface area contributed by atoms with Gasteiger partial charge in [0.15, 0.2) is 0 Å². The maximum Gasteiger partial charge on any atom is 0.410 e. The van der Waals surface area contributed by atoms with Crippen molar-refractivity contribution >= 4 is 17.7 Å². The molecule has 1 amide bonds. The van der Waals surface area contributed by atoms with E-state index in [0.717, 1.165) is 50.5 Å². The van der Waals surface area contributed by atoms with Crippen molar-refractivity contribution in [2.45, 2.75) is 25.3 Å². The van der Waals surface area contributed by atoms with Gasteiger partial charge in [-0.3, -0.25) is 4.90 Å². The van der Waals surface area contributed by atoms with E-state index in [9.17, 15) is 4.79 Å². The van der Waals surface area contributed by atoms with Gasteiger partial charge in [-0.15, -0.1) is 0 Å². The highest BCUT2D eigenvalue weighted by molar-refractivity contribution is 6.30. The monoisotopic (exact) mass is 365 g/mol. The van der Waals surface area contributed by atoms with E-state index in [1.165, 1.54) is 5.56 Å². The number of nitrogens with two attached hydrogens (primary N) is 1. The average molecular weight is 366 g/mol. The summed E-state index contributed by atoms with van der Waals surface area (Å²) >= 11 is 5.94. The minimum atomic E-state index is -0.245. The molecule has 0 unspecified atom stereocenters. The number of hydrogen-bond acceptors (Lipinski definition) is 4. The summed E-state index contributed by atoms with van der Waals surface area (Å²) in [6.07, 6.45) is 4.21. The molecular formula is C19H28ClN3O2. The van der Waals surface area contributed by atoms with Crippen LogP contribution in [0.15, 0.2) is 36.9 Å². The first-order valence-electron chi connectivity index (χ1n) is 8.85. The van der Waals surface area contributed by atoms with Crippen molar-refractivity contribution in [3.8, 4) is 0 Å².